The first-order chi connectivity index (χ1) is 7.51. The molecule has 86 valence electrons. The molecule has 1 saturated heterocycles. The Kier molecular flexibility index (Phi) is 2.72. The minimum atomic E-state index is -0.768. The average molecular weight is 219 g/mol. The van der Waals surface area contributed by atoms with Crippen LogP contribution in [0.2, 0.25) is 0 Å². The fraction of sp³-hybridized carbons (Fsp3) is 0.462. The van der Waals surface area contributed by atoms with Gasteiger partial charge in [-0.05, 0) is 31.7 Å². The molecule has 0 bridgehead atoms. The summed E-state index contributed by atoms with van der Waals surface area (Å²) >= 11 is 0. The zero-order valence-corrected chi connectivity index (χ0v) is 9.66. The van der Waals surface area contributed by atoms with Crippen LogP contribution in [0, 0.1) is 6.92 Å². The molecule has 2 N–H and O–H groups in total. The number of carboxylic acid groups (broad SMARTS) is 1. The molecule has 1 aromatic carbocycles. The van der Waals surface area contributed by atoms with Gasteiger partial charge in [-0.1, -0.05) is 29.8 Å². The first kappa shape index (κ1) is 11.1. The second-order valence-corrected chi connectivity index (χ2v) is 4.83. The third-order valence-corrected chi connectivity index (χ3v) is 3.41. The van der Waals surface area contributed by atoms with Crippen molar-refractivity contribution in [1.82, 2.24) is 5.32 Å². The summed E-state index contributed by atoms with van der Waals surface area (Å²) in [7, 11) is 0. The largest absolute Gasteiger partial charge is 0.480 e. The normalized spacial score (nSPS) is 29.2. The van der Waals surface area contributed by atoms with Crippen LogP contribution >= 0.6 is 0 Å². The van der Waals surface area contributed by atoms with Gasteiger partial charge in [0.05, 0.1) is 0 Å². The van der Waals surface area contributed by atoms with E-state index in [1.54, 1.807) is 6.92 Å². The van der Waals surface area contributed by atoms with Crippen molar-refractivity contribution in [3.05, 3.63) is 35.4 Å². The van der Waals surface area contributed by atoms with Crippen LogP contribution in [-0.4, -0.2) is 23.2 Å². The summed E-state index contributed by atoms with van der Waals surface area (Å²) in [5.74, 6) is -0.455. The number of aryl methyl sites for hydroxylation is 1. The number of rotatable bonds is 2. The monoisotopic (exact) mass is 219 g/mol. The van der Waals surface area contributed by atoms with Crippen LogP contribution in [0.3, 0.4) is 0 Å². The summed E-state index contributed by atoms with van der Waals surface area (Å²) in [4.78, 5) is 11.1. The number of nitrogens with one attached hydrogen (secondary N) is 1. The van der Waals surface area contributed by atoms with E-state index >= 15 is 0 Å². The van der Waals surface area contributed by atoms with Crippen molar-refractivity contribution >= 4 is 5.97 Å². The molecule has 1 heterocycles. The lowest BCUT2D eigenvalue weighted by Gasteiger charge is -2.18. The summed E-state index contributed by atoms with van der Waals surface area (Å²) < 4.78 is 0. The van der Waals surface area contributed by atoms with Crippen molar-refractivity contribution in [2.24, 2.45) is 0 Å². The molecule has 0 spiro atoms. The van der Waals surface area contributed by atoms with Crippen LogP contribution in [0.1, 0.15) is 30.4 Å². The standard InChI is InChI=1S/C13H17NO2/c1-9-3-5-10(6-4-9)11-7-13(2,12(15)16)14-8-11/h3-6,11,14H,7-8H2,1-2H3,(H,15,16)/t11-,13+/m0/s1. The molecule has 1 fully saturated rings. The molecule has 1 aliphatic rings. The highest BCUT2D eigenvalue weighted by Crippen LogP contribution is 2.32. The molecule has 16 heavy (non-hydrogen) atoms. The Labute approximate surface area is 95.5 Å². The molecule has 0 aliphatic carbocycles. The molecule has 3 heteroatoms. The maximum atomic E-state index is 11.1. The van der Waals surface area contributed by atoms with E-state index in [4.69, 9.17) is 5.11 Å². The summed E-state index contributed by atoms with van der Waals surface area (Å²) in [5.41, 5.74) is 1.69. The molecule has 1 aliphatic heterocycles. The number of carboxylic acids is 1. The van der Waals surface area contributed by atoms with Crippen molar-refractivity contribution in [2.45, 2.75) is 31.7 Å². The van der Waals surface area contributed by atoms with Crippen LogP contribution in [0.5, 0.6) is 0 Å². The van der Waals surface area contributed by atoms with Gasteiger partial charge in [-0.25, -0.2) is 0 Å². The highest BCUT2D eigenvalue weighted by atomic mass is 16.4. The van der Waals surface area contributed by atoms with E-state index in [-0.39, 0.29) is 0 Å². The van der Waals surface area contributed by atoms with Gasteiger partial charge in [0.2, 0.25) is 0 Å². The van der Waals surface area contributed by atoms with Crippen molar-refractivity contribution in [2.75, 3.05) is 6.54 Å². The Morgan fingerprint density at radius 3 is 2.56 bits per heavy atom. The van der Waals surface area contributed by atoms with E-state index < -0.39 is 11.5 Å². The molecule has 0 radical (unpaired) electrons. The topological polar surface area (TPSA) is 49.3 Å². The van der Waals surface area contributed by atoms with Gasteiger partial charge < -0.3 is 10.4 Å². The van der Waals surface area contributed by atoms with Gasteiger partial charge in [0.25, 0.3) is 0 Å². The predicted molar refractivity (Wildman–Crippen MR) is 62.6 cm³/mol. The molecule has 0 amide bonds. The van der Waals surface area contributed by atoms with Crippen LogP contribution in [0.4, 0.5) is 0 Å². The fourth-order valence-corrected chi connectivity index (χ4v) is 2.22. The van der Waals surface area contributed by atoms with Gasteiger partial charge in [0.15, 0.2) is 0 Å². The summed E-state index contributed by atoms with van der Waals surface area (Å²) in [6.07, 6.45) is 0.658. The van der Waals surface area contributed by atoms with Crippen molar-refractivity contribution in [1.29, 1.82) is 0 Å². The molecule has 2 atom stereocenters. The molecule has 0 aromatic heterocycles. The maximum Gasteiger partial charge on any atom is 0.323 e. The second-order valence-electron chi connectivity index (χ2n) is 4.83. The lowest BCUT2D eigenvalue weighted by molar-refractivity contribution is -0.143. The summed E-state index contributed by atoms with van der Waals surface area (Å²) in [6.45, 7) is 4.55. The van der Waals surface area contributed by atoms with E-state index in [1.807, 2.05) is 0 Å². The third-order valence-electron chi connectivity index (χ3n) is 3.41. The lowest BCUT2D eigenvalue weighted by Crippen LogP contribution is -2.44. The first-order valence-corrected chi connectivity index (χ1v) is 5.56. The Balaban J connectivity index is 2.15. The molecular formula is C13H17NO2. The Morgan fingerprint density at radius 1 is 1.44 bits per heavy atom. The van der Waals surface area contributed by atoms with Gasteiger partial charge in [-0.3, -0.25) is 4.79 Å². The zero-order valence-electron chi connectivity index (χ0n) is 9.66. The number of benzene rings is 1. The highest BCUT2D eigenvalue weighted by Gasteiger charge is 2.41. The first-order valence-electron chi connectivity index (χ1n) is 5.56. The van der Waals surface area contributed by atoms with E-state index in [0.717, 1.165) is 6.54 Å². The van der Waals surface area contributed by atoms with Crippen LogP contribution in [0.25, 0.3) is 0 Å². The summed E-state index contributed by atoms with van der Waals surface area (Å²) in [5, 5.41) is 12.2. The molecule has 1 aromatic rings. The minimum Gasteiger partial charge on any atom is -0.480 e. The Morgan fingerprint density at radius 2 is 2.06 bits per heavy atom. The fourth-order valence-electron chi connectivity index (χ4n) is 2.22. The highest BCUT2D eigenvalue weighted by molar-refractivity contribution is 5.79. The number of carbonyl (C=O) groups is 1. The van der Waals surface area contributed by atoms with Crippen molar-refractivity contribution in [3.8, 4) is 0 Å². The number of aliphatic carboxylic acids is 1. The van der Waals surface area contributed by atoms with Crippen molar-refractivity contribution < 1.29 is 9.90 Å². The van der Waals surface area contributed by atoms with Gasteiger partial charge in [-0.15, -0.1) is 0 Å². The van der Waals surface area contributed by atoms with E-state index in [9.17, 15) is 4.79 Å². The molecule has 0 saturated carbocycles. The molecule has 3 nitrogen and oxygen atoms in total. The van der Waals surface area contributed by atoms with Gasteiger partial charge in [0, 0.05) is 6.54 Å². The van der Waals surface area contributed by atoms with E-state index in [1.165, 1.54) is 11.1 Å². The molecule has 0 unspecified atom stereocenters. The maximum absolute atomic E-state index is 11.1. The third kappa shape index (κ3) is 1.95. The van der Waals surface area contributed by atoms with E-state index in [0.29, 0.717) is 12.3 Å². The van der Waals surface area contributed by atoms with E-state index in [2.05, 4.69) is 36.5 Å². The lowest BCUT2D eigenvalue weighted by atomic mass is 9.90. The quantitative estimate of drug-likeness (QED) is 0.799. The number of hydrogen-bond acceptors (Lipinski definition) is 2. The van der Waals surface area contributed by atoms with Crippen LogP contribution < -0.4 is 5.32 Å². The van der Waals surface area contributed by atoms with Gasteiger partial charge in [0.1, 0.15) is 5.54 Å². The molecular weight excluding hydrogens is 202 g/mol. The predicted octanol–water partition coefficient (Wildman–Crippen LogP) is 1.92. The Bertz CT molecular complexity index is 399. The minimum absolute atomic E-state index is 0.307. The van der Waals surface area contributed by atoms with Gasteiger partial charge in [-0.2, -0.15) is 0 Å². The number of hydrogen-bond donors (Lipinski definition) is 2. The average Bonchev–Trinajstić information content (AvgIpc) is 2.63. The van der Waals surface area contributed by atoms with Crippen LogP contribution in [0.15, 0.2) is 24.3 Å². The van der Waals surface area contributed by atoms with Gasteiger partial charge >= 0.3 is 5.97 Å². The molecule has 2 rings (SSSR count). The second kappa shape index (κ2) is 3.91. The van der Waals surface area contributed by atoms with Crippen molar-refractivity contribution in [3.63, 3.8) is 0 Å². The summed E-state index contributed by atoms with van der Waals surface area (Å²) in [6, 6.07) is 8.34. The zero-order chi connectivity index (χ0) is 11.8. The Hall–Kier alpha value is -1.35. The van der Waals surface area contributed by atoms with Crippen LogP contribution in [-0.2, 0) is 4.79 Å². The SMILES string of the molecule is Cc1ccc([C@@H]2CN[C@@](C)(C(=O)O)C2)cc1. The smallest absolute Gasteiger partial charge is 0.323 e.